The van der Waals surface area contributed by atoms with Crippen molar-refractivity contribution in [2.75, 3.05) is 13.7 Å². The van der Waals surface area contributed by atoms with E-state index in [0.717, 1.165) is 20.0 Å². The van der Waals surface area contributed by atoms with Crippen LogP contribution in [0.2, 0.25) is 0 Å². The van der Waals surface area contributed by atoms with Gasteiger partial charge < -0.3 is 0 Å². The third-order valence-electron chi connectivity index (χ3n) is 0.498. The average Bonchev–Trinajstić information content (AvgIpc) is 1.75. The summed E-state index contributed by atoms with van der Waals surface area (Å²) in [4.78, 5) is 0. The zero-order valence-electron chi connectivity index (χ0n) is 4.94. The summed E-state index contributed by atoms with van der Waals surface area (Å²) in [5.74, 6) is 0. The third kappa shape index (κ3) is 24.7. The van der Waals surface area contributed by atoms with Crippen molar-refractivity contribution in [3.8, 4) is 0 Å². The predicted molar refractivity (Wildman–Crippen MR) is 27.1 cm³/mol. The Labute approximate surface area is 44.8 Å². The van der Waals surface area contributed by atoms with Gasteiger partial charge in [-0.3, -0.25) is 0 Å². The first kappa shape index (κ1) is 10.0. The summed E-state index contributed by atoms with van der Waals surface area (Å²) in [7, 11) is 0.750. The first-order valence-corrected chi connectivity index (χ1v) is 2.40. The monoisotopic (exact) mass is 104 g/mol. The van der Waals surface area contributed by atoms with E-state index in [9.17, 15) is 5.11 Å². The maximum absolute atomic E-state index is 9.53. The van der Waals surface area contributed by atoms with E-state index in [4.69, 9.17) is 5.11 Å². The molecule has 0 rings (SSSR count). The number of unbranched alkanes of at least 4 members (excludes halogenated alkanes) is 1. The van der Waals surface area contributed by atoms with Crippen LogP contribution in [-0.2, 0) is 10.2 Å². The van der Waals surface area contributed by atoms with Crippen LogP contribution in [0.4, 0.5) is 0 Å². The lowest BCUT2D eigenvalue weighted by Gasteiger charge is -1.76. The highest BCUT2D eigenvalue weighted by molar-refractivity contribution is 4.22. The molecule has 0 aromatic rings. The van der Waals surface area contributed by atoms with Gasteiger partial charge in [-0.15, -0.1) is 0 Å². The Morgan fingerprint density at radius 3 is 1.71 bits per heavy atom. The van der Waals surface area contributed by atoms with Gasteiger partial charge in [0.15, 0.2) is 0 Å². The largest absolute Gasteiger partial charge is 0.240 e. The summed E-state index contributed by atoms with van der Waals surface area (Å²) in [5.41, 5.74) is 0. The Morgan fingerprint density at radius 2 is 1.71 bits per heavy atom. The average molecular weight is 104 g/mol. The van der Waals surface area contributed by atoms with Crippen molar-refractivity contribution in [2.24, 2.45) is 0 Å². The van der Waals surface area contributed by atoms with Crippen LogP contribution in [0, 0.1) is 0 Å². The quantitative estimate of drug-likeness (QED) is 0.506. The first-order chi connectivity index (χ1) is 3.41. The highest BCUT2D eigenvalue weighted by atomic mass is 16.3. The Balaban J connectivity index is 0. The molecule has 0 bridgehead atoms. The molecule has 0 unspecified atom stereocenters. The molecule has 2 radical (unpaired) electrons. The fourth-order valence-corrected chi connectivity index (χ4v) is 0.144. The molecule has 0 aliphatic rings. The van der Waals surface area contributed by atoms with E-state index in [1.807, 2.05) is 6.92 Å². The van der Waals surface area contributed by atoms with E-state index < -0.39 is 0 Å². The fourth-order valence-electron chi connectivity index (χ4n) is 0.144. The summed E-state index contributed by atoms with van der Waals surface area (Å²) >= 11 is 0. The van der Waals surface area contributed by atoms with Crippen LogP contribution in [0.1, 0.15) is 19.8 Å². The standard InChI is InChI=1S/C4H9O.CH3O/c1-2-3-4-5;1-2/h2-4H2,1H3;1H3. The SMILES string of the molecule is CCCC[O].C[O]. The number of hydrogen-bond donors (Lipinski definition) is 0. The molecule has 0 aromatic carbocycles. The van der Waals surface area contributed by atoms with Gasteiger partial charge in [-0.05, 0) is 6.42 Å². The molecule has 0 amide bonds. The van der Waals surface area contributed by atoms with Gasteiger partial charge in [0.2, 0.25) is 0 Å². The lowest BCUT2D eigenvalue weighted by Crippen LogP contribution is -1.72. The molecule has 0 saturated carbocycles. The van der Waals surface area contributed by atoms with Crippen molar-refractivity contribution < 1.29 is 10.2 Å². The van der Waals surface area contributed by atoms with Crippen LogP contribution in [0.5, 0.6) is 0 Å². The summed E-state index contributed by atoms with van der Waals surface area (Å²) in [6, 6.07) is 0. The molecule has 44 valence electrons. The van der Waals surface area contributed by atoms with E-state index in [2.05, 4.69) is 0 Å². The second-order valence-electron chi connectivity index (χ2n) is 1.06. The molecule has 0 fully saturated rings. The van der Waals surface area contributed by atoms with Crippen molar-refractivity contribution in [1.82, 2.24) is 0 Å². The second kappa shape index (κ2) is 16.8. The highest BCUT2D eigenvalue weighted by Crippen LogP contribution is 1.79. The highest BCUT2D eigenvalue weighted by Gasteiger charge is 1.71. The molecule has 2 heteroatoms. The Kier molecular flexibility index (Phi) is 24.1. The van der Waals surface area contributed by atoms with Gasteiger partial charge in [-0.2, -0.15) is 0 Å². The molecule has 0 aliphatic carbocycles. The van der Waals surface area contributed by atoms with Gasteiger partial charge in [0.1, 0.15) is 0 Å². The first-order valence-electron chi connectivity index (χ1n) is 2.40. The summed E-state index contributed by atoms with van der Waals surface area (Å²) in [6.45, 7) is 2.11. The molecule has 0 heterocycles. The number of hydrogen-bond acceptors (Lipinski definition) is 0. The maximum Gasteiger partial charge on any atom is 0.0822 e. The lowest BCUT2D eigenvalue weighted by atomic mass is 10.4. The topological polar surface area (TPSA) is 39.8 Å². The molecule has 0 N–H and O–H groups in total. The zero-order chi connectivity index (χ0) is 6.12. The zero-order valence-corrected chi connectivity index (χ0v) is 4.94. The van der Waals surface area contributed by atoms with Gasteiger partial charge in [0, 0.05) is 0 Å². The molecular formula is C5H12O2. The van der Waals surface area contributed by atoms with Crippen LogP contribution in [0.3, 0.4) is 0 Å². The Hall–Kier alpha value is -0.0800. The van der Waals surface area contributed by atoms with Crippen LogP contribution in [0.25, 0.3) is 0 Å². The maximum atomic E-state index is 9.53. The van der Waals surface area contributed by atoms with Crippen molar-refractivity contribution in [3.63, 3.8) is 0 Å². The minimum Gasteiger partial charge on any atom is -0.240 e. The van der Waals surface area contributed by atoms with E-state index >= 15 is 0 Å². The molecule has 0 aromatic heterocycles. The summed E-state index contributed by atoms with van der Waals surface area (Å²) in [6.07, 6.45) is 1.86. The Morgan fingerprint density at radius 1 is 1.29 bits per heavy atom. The molecule has 0 saturated heterocycles. The molecule has 7 heavy (non-hydrogen) atoms. The van der Waals surface area contributed by atoms with E-state index in [1.165, 1.54) is 0 Å². The summed E-state index contributed by atoms with van der Waals surface area (Å²) < 4.78 is 0. The van der Waals surface area contributed by atoms with Gasteiger partial charge in [0.05, 0.1) is 13.7 Å². The van der Waals surface area contributed by atoms with Crippen LogP contribution < -0.4 is 0 Å². The molecule has 0 atom stereocenters. The fraction of sp³-hybridized carbons (Fsp3) is 1.00. The molecular weight excluding hydrogens is 92.1 g/mol. The van der Waals surface area contributed by atoms with Crippen molar-refractivity contribution >= 4 is 0 Å². The molecule has 0 aliphatic heterocycles. The van der Waals surface area contributed by atoms with Crippen LogP contribution >= 0.6 is 0 Å². The minimum atomic E-state index is 0.0938. The Bertz CT molecular complexity index is 13.6. The minimum absolute atomic E-state index is 0.0938. The smallest absolute Gasteiger partial charge is 0.0822 e. The van der Waals surface area contributed by atoms with Crippen LogP contribution in [0.15, 0.2) is 0 Å². The lowest BCUT2D eigenvalue weighted by molar-refractivity contribution is 0.188. The summed E-state index contributed by atoms with van der Waals surface area (Å²) in [5, 5.41) is 17.8. The third-order valence-corrected chi connectivity index (χ3v) is 0.498. The normalized spacial score (nSPS) is 6.86. The van der Waals surface area contributed by atoms with Gasteiger partial charge in [-0.25, -0.2) is 10.2 Å². The van der Waals surface area contributed by atoms with Gasteiger partial charge >= 0.3 is 0 Å². The van der Waals surface area contributed by atoms with E-state index in [0.29, 0.717) is 0 Å². The molecule has 0 spiro atoms. The number of rotatable bonds is 2. The second-order valence-corrected chi connectivity index (χ2v) is 1.06. The van der Waals surface area contributed by atoms with Crippen molar-refractivity contribution in [3.05, 3.63) is 0 Å². The van der Waals surface area contributed by atoms with E-state index in [-0.39, 0.29) is 6.61 Å². The van der Waals surface area contributed by atoms with Crippen molar-refractivity contribution in [1.29, 1.82) is 0 Å². The van der Waals surface area contributed by atoms with Crippen molar-refractivity contribution in [2.45, 2.75) is 19.8 Å². The van der Waals surface area contributed by atoms with Gasteiger partial charge in [0.25, 0.3) is 0 Å². The van der Waals surface area contributed by atoms with E-state index in [1.54, 1.807) is 0 Å². The molecule has 2 nitrogen and oxygen atoms in total. The predicted octanol–water partition coefficient (Wildman–Crippen LogP) is 1.26. The van der Waals surface area contributed by atoms with Crippen LogP contribution in [-0.4, -0.2) is 13.7 Å². The van der Waals surface area contributed by atoms with Gasteiger partial charge in [-0.1, -0.05) is 13.3 Å².